The van der Waals surface area contributed by atoms with Crippen LogP contribution in [-0.2, 0) is 0 Å². The van der Waals surface area contributed by atoms with E-state index in [-0.39, 0.29) is 11.8 Å². The molecule has 20 heteroatoms. The highest BCUT2D eigenvalue weighted by molar-refractivity contribution is 5.31. The number of hydrogen-bond acceptors (Lipinski definition) is 8. The molecule has 1 fully saturated rings. The van der Waals surface area contributed by atoms with Gasteiger partial charge in [0, 0.05) is 24.2 Å². The predicted molar refractivity (Wildman–Crippen MR) is 143 cm³/mol. The van der Waals surface area contributed by atoms with E-state index in [0.717, 1.165) is 24.2 Å². The van der Waals surface area contributed by atoms with Crippen LogP contribution in [0.3, 0.4) is 0 Å². The molecule has 0 amide bonds. The standard InChI is InChI=1S/C18H16F6N2O2.C8H6F6N2O2.C2H6/c19-17(20,21)9-27-15-8-14(25-16(26-15)28-10-18(22,23)24)13-7-6-12(13)11-4-2-1-3-5-11;9-7(10,11)3-17-5-1-2-15-6(16-5)18-4-8(12,13)14;1-2/h1-5,8,12-13H,6-7,9-10H2;1-2H,3-4H2;1-2H3. The fourth-order valence-corrected chi connectivity index (χ4v) is 3.78. The number of alkyl halides is 12. The second-order valence-electron chi connectivity index (χ2n) is 9.41. The number of halogens is 12. The second kappa shape index (κ2) is 17.2. The van der Waals surface area contributed by atoms with Gasteiger partial charge in [-0.15, -0.1) is 0 Å². The molecule has 4 rings (SSSR count). The van der Waals surface area contributed by atoms with Gasteiger partial charge in [-0.3, -0.25) is 0 Å². The summed E-state index contributed by atoms with van der Waals surface area (Å²) in [5, 5.41) is 0. The van der Waals surface area contributed by atoms with E-state index < -0.39 is 74.9 Å². The second-order valence-corrected chi connectivity index (χ2v) is 9.41. The zero-order valence-electron chi connectivity index (χ0n) is 25.0. The van der Waals surface area contributed by atoms with Crippen molar-refractivity contribution in [2.75, 3.05) is 26.4 Å². The maximum atomic E-state index is 12.4. The van der Waals surface area contributed by atoms with Crippen molar-refractivity contribution in [3.63, 3.8) is 0 Å². The van der Waals surface area contributed by atoms with Crippen molar-refractivity contribution in [1.82, 2.24) is 19.9 Å². The lowest BCUT2D eigenvalue weighted by Crippen LogP contribution is -2.25. The van der Waals surface area contributed by atoms with Gasteiger partial charge in [0.1, 0.15) is 0 Å². The van der Waals surface area contributed by atoms with Gasteiger partial charge in [-0.05, 0) is 24.3 Å². The molecular weight excluding hydrogens is 684 g/mol. The average Bonchev–Trinajstić information content (AvgIpc) is 2.97. The third-order valence-corrected chi connectivity index (χ3v) is 5.69. The van der Waals surface area contributed by atoms with Gasteiger partial charge in [0.05, 0.1) is 5.69 Å². The van der Waals surface area contributed by atoms with Crippen molar-refractivity contribution in [1.29, 1.82) is 0 Å². The third kappa shape index (κ3) is 15.6. The molecule has 0 spiro atoms. The minimum atomic E-state index is -4.63. The Morgan fingerprint density at radius 3 is 1.52 bits per heavy atom. The van der Waals surface area contributed by atoms with Crippen LogP contribution < -0.4 is 18.9 Å². The van der Waals surface area contributed by atoms with Gasteiger partial charge in [0.15, 0.2) is 26.4 Å². The normalized spacial score (nSPS) is 16.3. The Hall–Kier alpha value is -4.26. The van der Waals surface area contributed by atoms with Crippen LogP contribution >= 0.6 is 0 Å². The summed E-state index contributed by atoms with van der Waals surface area (Å²) in [6, 6.07) is 10.2. The Bertz CT molecular complexity index is 1320. The summed E-state index contributed by atoms with van der Waals surface area (Å²) < 4.78 is 163. The first kappa shape index (κ1) is 39.9. The van der Waals surface area contributed by atoms with E-state index in [0.29, 0.717) is 12.1 Å². The van der Waals surface area contributed by atoms with Crippen molar-refractivity contribution in [2.24, 2.45) is 0 Å². The molecule has 268 valence electrons. The molecule has 0 radical (unpaired) electrons. The van der Waals surface area contributed by atoms with Crippen LogP contribution in [0.4, 0.5) is 52.7 Å². The summed E-state index contributed by atoms with van der Waals surface area (Å²) in [7, 11) is 0. The number of hydrogen-bond donors (Lipinski definition) is 0. The highest BCUT2D eigenvalue weighted by Crippen LogP contribution is 2.49. The lowest BCUT2D eigenvalue weighted by molar-refractivity contribution is -0.156. The van der Waals surface area contributed by atoms with E-state index in [9.17, 15) is 52.7 Å². The highest BCUT2D eigenvalue weighted by atomic mass is 19.4. The monoisotopic (exact) mass is 712 g/mol. The molecule has 0 aliphatic heterocycles. The Morgan fingerprint density at radius 2 is 1.02 bits per heavy atom. The number of benzene rings is 1. The number of aromatic nitrogens is 4. The Labute approximate surface area is 265 Å². The van der Waals surface area contributed by atoms with Gasteiger partial charge in [0.25, 0.3) is 0 Å². The van der Waals surface area contributed by atoms with Gasteiger partial charge in [-0.2, -0.15) is 67.6 Å². The number of ether oxygens (including phenoxy) is 4. The molecule has 0 N–H and O–H groups in total. The van der Waals surface area contributed by atoms with E-state index in [2.05, 4.69) is 38.9 Å². The summed E-state index contributed by atoms with van der Waals surface area (Å²) in [5.41, 5.74) is 1.32. The molecule has 0 bridgehead atoms. The molecule has 1 aliphatic rings. The number of nitrogens with zero attached hydrogens (tertiary/aromatic N) is 4. The molecule has 8 nitrogen and oxygen atoms in total. The van der Waals surface area contributed by atoms with Crippen LogP contribution in [0.5, 0.6) is 23.8 Å². The zero-order valence-corrected chi connectivity index (χ0v) is 25.0. The Balaban J connectivity index is 0.000000347. The first-order valence-electron chi connectivity index (χ1n) is 13.8. The molecule has 2 atom stereocenters. The maximum absolute atomic E-state index is 12.4. The molecule has 3 aromatic rings. The maximum Gasteiger partial charge on any atom is 0.422 e. The molecular formula is C28H28F12N4O4. The molecule has 48 heavy (non-hydrogen) atoms. The summed E-state index contributed by atoms with van der Waals surface area (Å²) in [5.74, 6) is -1.12. The fraction of sp³-hybridized carbons (Fsp3) is 0.500. The zero-order chi connectivity index (χ0) is 36.2. The first-order valence-corrected chi connectivity index (χ1v) is 13.8. The minimum absolute atomic E-state index is 0.0574. The Kier molecular flexibility index (Phi) is 14.3. The predicted octanol–water partition coefficient (Wildman–Crippen LogP) is 8.41. The van der Waals surface area contributed by atoms with Gasteiger partial charge < -0.3 is 18.9 Å². The third-order valence-electron chi connectivity index (χ3n) is 5.69. The van der Waals surface area contributed by atoms with E-state index in [1.807, 2.05) is 44.2 Å². The van der Waals surface area contributed by atoms with Gasteiger partial charge >= 0.3 is 36.7 Å². The quantitative estimate of drug-likeness (QED) is 0.194. The fourth-order valence-electron chi connectivity index (χ4n) is 3.78. The molecule has 1 aromatic carbocycles. The molecule has 1 aliphatic carbocycles. The lowest BCUT2D eigenvalue weighted by atomic mass is 9.68. The highest BCUT2D eigenvalue weighted by Gasteiger charge is 2.36. The van der Waals surface area contributed by atoms with Crippen LogP contribution in [0.1, 0.15) is 49.8 Å². The van der Waals surface area contributed by atoms with E-state index >= 15 is 0 Å². The summed E-state index contributed by atoms with van der Waals surface area (Å²) in [6.45, 7) is -2.52. The summed E-state index contributed by atoms with van der Waals surface area (Å²) >= 11 is 0. The molecule has 2 heterocycles. The van der Waals surface area contributed by atoms with Crippen molar-refractivity contribution in [3.05, 3.63) is 59.9 Å². The van der Waals surface area contributed by atoms with E-state index in [1.54, 1.807) is 0 Å². The van der Waals surface area contributed by atoms with Gasteiger partial charge in [-0.1, -0.05) is 44.2 Å². The van der Waals surface area contributed by atoms with Crippen molar-refractivity contribution >= 4 is 0 Å². The van der Waals surface area contributed by atoms with Crippen LogP contribution in [0.15, 0.2) is 48.7 Å². The Morgan fingerprint density at radius 1 is 0.562 bits per heavy atom. The lowest BCUT2D eigenvalue weighted by Gasteiger charge is -2.36. The average molecular weight is 713 g/mol. The minimum Gasteiger partial charge on any atom is -0.468 e. The molecule has 0 saturated heterocycles. The van der Waals surface area contributed by atoms with Crippen molar-refractivity contribution < 1.29 is 71.6 Å². The van der Waals surface area contributed by atoms with Crippen LogP contribution in [0.25, 0.3) is 0 Å². The summed E-state index contributed by atoms with van der Waals surface area (Å²) in [4.78, 5) is 14.0. The first-order chi connectivity index (χ1) is 22.3. The smallest absolute Gasteiger partial charge is 0.422 e. The largest absolute Gasteiger partial charge is 0.468 e. The molecule has 2 unspecified atom stereocenters. The van der Waals surface area contributed by atoms with Crippen LogP contribution in [0, 0.1) is 0 Å². The molecule has 1 saturated carbocycles. The van der Waals surface area contributed by atoms with Gasteiger partial charge in [-0.25, -0.2) is 4.98 Å². The van der Waals surface area contributed by atoms with Crippen molar-refractivity contribution in [3.8, 4) is 23.8 Å². The number of rotatable bonds is 10. The van der Waals surface area contributed by atoms with Crippen molar-refractivity contribution in [2.45, 2.75) is 63.2 Å². The topological polar surface area (TPSA) is 88.5 Å². The van der Waals surface area contributed by atoms with E-state index in [1.165, 1.54) is 6.07 Å². The van der Waals surface area contributed by atoms with Crippen LogP contribution in [-0.4, -0.2) is 71.1 Å². The SMILES string of the molecule is CC.FC(F)(F)COc1cc(C2CCC2c2ccccc2)nc(OCC(F)(F)F)n1.FC(F)(F)COc1ccnc(OCC(F)(F)F)n1. The van der Waals surface area contributed by atoms with Gasteiger partial charge in [0.2, 0.25) is 11.8 Å². The summed E-state index contributed by atoms with van der Waals surface area (Å²) in [6.07, 6.45) is -16.0. The van der Waals surface area contributed by atoms with Crippen LogP contribution in [0.2, 0.25) is 0 Å². The van der Waals surface area contributed by atoms with E-state index in [4.69, 9.17) is 0 Å². The molecule has 2 aromatic heterocycles.